The summed E-state index contributed by atoms with van der Waals surface area (Å²) >= 11 is 0. The average Bonchev–Trinajstić information content (AvgIpc) is 1.65. The van der Waals surface area contributed by atoms with Gasteiger partial charge in [-0.1, -0.05) is 33.6 Å². The molecule has 0 radical (unpaired) electrons. The molecular weight excluding hydrogens is 1120 g/mol. The first-order chi connectivity index (χ1) is 42.3. The Morgan fingerprint density at radius 1 is 0.360 bits per heavy atom. The minimum Gasteiger partial charge on any atom is -0.459 e. The van der Waals surface area contributed by atoms with Gasteiger partial charge in [-0.2, -0.15) is 0 Å². The summed E-state index contributed by atoms with van der Waals surface area (Å²) in [6.07, 6.45) is 32.4. The number of aliphatic hydroxyl groups excluding tert-OH is 2. The van der Waals surface area contributed by atoms with Crippen LogP contribution in [0.1, 0.15) is 255 Å². The van der Waals surface area contributed by atoms with Gasteiger partial charge in [-0.25, -0.2) is 13.1 Å². The van der Waals surface area contributed by atoms with E-state index in [2.05, 4.69) is 44.3 Å². The number of fused-ring (bicyclic) bond motifs is 25. The van der Waals surface area contributed by atoms with Crippen molar-refractivity contribution in [3.63, 3.8) is 0 Å². The summed E-state index contributed by atoms with van der Waals surface area (Å²) in [5, 5.41) is 19.6. The summed E-state index contributed by atoms with van der Waals surface area (Å²) in [5.74, 6) is 13.3. The lowest BCUT2D eigenvalue weighted by Crippen LogP contribution is -2.47. The van der Waals surface area contributed by atoms with Gasteiger partial charge in [-0.05, 0) is 250 Å². The molecule has 29 atom stereocenters. The number of esters is 5. The minimum absolute atomic E-state index is 0.0771. The molecule has 0 heterocycles. The summed E-state index contributed by atoms with van der Waals surface area (Å²) in [5.41, 5.74) is -0.889. The van der Waals surface area contributed by atoms with Crippen LogP contribution < -0.4 is 0 Å². The van der Waals surface area contributed by atoms with Crippen molar-refractivity contribution in [2.24, 2.45) is 118 Å². The lowest BCUT2D eigenvalue weighted by molar-refractivity contribution is -0.171. The third kappa shape index (κ3) is 12.7. The van der Waals surface area contributed by atoms with Crippen LogP contribution in [0.2, 0.25) is 0 Å². The molecule has 14 heteroatoms. The maximum atomic E-state index is 11.4. The number of aliphatic hydroxyl groups is 2. The molecule has 2 N–H and O–H groups in total. The molecular formula is C75H114N2O12. The topological polar surface area (TPSA) is 181 Å². The van der Waals surface area contributed by atoms with Crippen molar-refractivity contribution in [3.8, 4) is 0 Å². The van der Waals surface area contributed by atoms with E-state index in [4.69, 9.17) is 36.8 Å². The van der Waals surface area contributed by atoms with E-state index in [-0.39, 0.29) is 82.1 Å². The van der Waals surface area contributed by atoms with Gasteiger partial charge in [0.1, 0.15) is 28.0 Å². The van der Waals surface area contributed by atoms with Gasteiger partial charge in [0.05, 0.1) is 12.2 Å². The van der Waals surface area contributed by atoms with Crippen LogP contribution >= 0.6 is 0 Å². The van der Waals surface area contributed by atoms with Crippen LogP contribution in [-0.4, -0.2) is 92.4 Å². The van der Waals surface area contributed by atoms with Crippen LogP contribution in [-0.2, 0) is 47.7 Å². The fourth-order valence-electron chi connectivity index (χ4n) is 25.9. The zero-order chi connectivity index (χ0) is 63.7. The van der Waals surface area contributed by atoms with Crippen LogP contribution in [0.4, 0.5) is 0 Å². The fourth-order valence-corrected chi connectivity index (χ4v) is 25.9. The first-order valence-electron chi connectivity index (χ1n) is 36.4. The molecule has 0 saturated heterocycles. The molecule has 29 unspecified atom stereocenters. The largest absolute Gasteiger partial charge is 0.459 e. The first kappa shape index (κ1) is 66.7. The van der Waals surface area contributed by atoms with Gasteiger partial charge in [-0.3, -0.25) is 24.0 Å². The molecule has 0 spiro atoms. The summed E-state index contributed by atoms with van der Waals surface area (Å²) in [6, 6.07) is 0.510. The Labute approximate surface area is 534 Å². The average molecular weight is 1240 g/mol. The maximum Gasteiger partial charge on any atom is 0.303 e. The highest BCUT2D eigenvalue weighted by Gasteiger charge is 2.66. The van der Waals surface area contributed by atoms with Crippen LogP contribution in [0.3, 0.4) is 0 Å². The second kappa shape index (κ2) is 26.2. The Balaban J connectivity index is 0.000000115. The number of carbonyl (C=O) groups is 5. The highest BCUT2D eigenvalue weighted by molar-refractivity contribution is 5.68. The van der Waals surface area contributed by atoms with Gasteiger partial charge in [-0.15, -0.1) is 0 Å². The van der Waals surface area contributed by atoms with E-state index in [1.54, 1.807) is 6.92 Å². The predicted molar refractivity (Wildman–Crippen MR) is 337 cm³/mol. The molecule has 15 aliphatic carbocycles. The summed E-state index contributed by atoms with van der Waals surface area (Å²) in [7, 11) is 0. The molecule has 15 saturated carbocycles. The molecule has 0 amide bonds. The van der Waals surface area contributed by atoms with Gasteiger partial charge in [0.25, 0.3) is 0 Å². The van der Waals surface area contributed by atoms with Gasteiger partial charge in [0.15, 0.2) is 0 Å². The lowest BCUT2D eigenvalue weighted by atomic mass is 9.64. The van der Waals surface area contributed by atoms with Gasteiger partial charge in [0, 0.05) is 89.9 Å². The van der Waals surface area contributed by atoms with Crippen molar-refractivity contribution in [1.82, 2.24) is 0 Å². The Morgan fingerprint density at radius 3 is 0.978 bits per heavy atom. The Hall–Kier alpha value is -3.75. The molecule has 0 aromatic heterocycles. The number of ether oxygens (including phenoxy) is 5. The third-order valence-corrected chi connectivity index (χ3v) is 28.7. The van der Waals surface area contributed by atoms with Crippen LogP contribution in [0.25, 0.3) is 9.69 Å². The second-order valence-electron chi connectivity index (χ2n) is 32.9. The third-order valence-electron chi connectivity index (χ3n) is 28.7. The van der Waals surface area contributed by atoms with Gasteiger partial charge < -0.3 is 43.6 Å². The quantitative estimate of drug-likeness (QED) is 0.134. The predicted octanol–water partition coefficient (Wildman–Crippen LogP) is 14.7. The van der Waals surface area contributed by atoms with Crippen molar-refractivity contribution in [3.05, 3.63) is 22.8 Å². The fraction of sp³-hybridized carbons (Fsp3) is 0.907. The van der Waals surface area contributed by atoms with Crippen LogP contribution in [0, 0.1) is 132 Å². The number of hydrogen-bond donors (Lipinski definition) is 2. The SMILES string of the molecule is CC(=O)OC1(C)CC2CC1C1CCC(O)CC21.CCC1(OC(C)=O)CC2CC1C1CCC(O)CC21.CCC1(OC(C)=O)CC2CC1C1CCCCC21.[C-]#[N+]C1CCC2C(C1)C1CC2C(C)(OC(C)=O)C1.[C-]#[N+]C1CCC2C(C1)C1CC2C(CC)(OC(C)=O)C1. The monoisotopic (exact) mass is 1230 g/mol. The molecule has 0 aromatic rings. The van der Waals surface area contributed by atoms with Crippen molar-refractivity contribution in [2.45, 2.75) is 308 Å². The van der Waals surface area contributed by atoms with Crippen LogP contribution in [0.5, 0.6) is 0 Å². The maximum absolute atomic E-state index is 11.4. The van der Waals surface area contributed by atoms with E-state index in [1.165, 1.54) is 91.9 Å². The van der Waals surface area contributed by atoms with Gasteiger partial charge >= 0.3 is 29.8 Å². The molecule has 15 fully saturated rings. The summed E-state index contributed by atoms with van der Waals surface area (Å²) in [4.78, 5) is 64.2. The van der Waals surface area contributed by atoms with E-state index < -0.39 is 0 Å². The Bertz CT molecular complexity index is 2690. The second-order valence-corrected chi connectivity index (χ2v) is 32.9. The lowest BCUT2D eigenvalue weighted by Gasteiger charge is -2.46. The molecule has 0 aliphatic heterocycles. The Morgan fingerprint density at radius 2 is 0.640 bits per heavy atom. The number of rotatable bonds is 8. The number of hydrogen-bond acceptors (Lipinski definition) is 12. The zero-order valence-electron chi connectivity index (χ0n) is 56.2. The summed E-state index contributed by atoms with van der Waals surface area (Å²) in [6.45, 7) is 32.9. The molecule has 10 bridgehead atoms. The van der Waals surface area contributed by atoms with E-state index >= 15 is 0 Å². The Kier molecular flexibility index (Phi) is 19.6. The standard InChI is InChI=1S/C16H23NO2.C15H21NO2.C15H24O3.C15H24O2.C14H22O3/c1-4-16(19-10(2)18)9-11-7-15(16)13-6-5-12(17-3)8-14(11)13;1-9(17)18-15(2)8-10-6-14(15)12-5-4-11(16-3)7-13(10)12;1-3-15(18-9(2)16)8-10-6-14(15)12-5-4-11(17)7-13(10)12;1-3-15(17-10(2)16)9-11-8-14(15)13-7-5-4-6-12(11)13;1-8(15)17-14(2)7-9-5-13(14)11-4-3-10(16)6-12(9)11/h11-15H,4-9H2,1-2H3;10-14H,4-8H2,1-2H3;10-14,17H,3-8H2,1-2H3;11-14H,3-9H2,1-2H3;9-13,16H,3-7H2,1-2H3. The van der Waals surface area contributed by atoms with E-state index in [0.29, 0.717) is 88.8 Å². The van der Waals surface area contributed by atoms with E-state index in [1.807, 2.05) is 0 Å². The smallest absolute Gasteiger partial charge is 0.303 e. The molecule has 89 heavy (non-hydrogen) atoms. The molecule has 496 valence electrons. The van der Waals surface area contributed by atoms with Crippen molar-refractivity contribution < 1.29 is 57.9 Å². The van der Waals surface area contributed by atoms with Crippen molar-refractivity contribution in [1.29, 1.82) is 0 Å². The van der Waals surface area contributed by atoms with Gasteiger partial charge in [0.2, 0.25) is 12.1 Å². The van der Waals surface area contributed by atoms with E-state index in [0.717, 1.165) is 152 Å². The van der Waals surface area contributed by atoms with Crippen molar-refractivity contribution in [2.75, 3.05) is 0 Å². The van der Waals surface area contributed by atoms with E-state index in [9.17, 15) is 34.2 Å². The highest BCUT2D eigenvalue weighted by Crippen LogP contribution is 2.68. The summed E-state index contributed by atoms with van der Waals surface area (Å²) < 4.78 is 28.6. The highest BCUT2D eigenvalue weighted by atomic mass is 16.6. The molecule has 15 rings (SSSR count). The van der Waals surface area contributed by atoms with Crippen LogP contribution in [0.15, 0.2) is 0 Å². The number of carbonyl (C=O) groups excluding carboxylic acids is 5. The molecule has 15 aliphatic rings. The normalized spacial score (nSPS) is 49.4. The first-order valence-corrected chi connectivity index (χ1v) is 36.4. The minimum atomic E-state index is -0.222. The van der Waals surface area contributed by atoms with Crippen molar-refractivity contribution >= 4 is 29.8 Å². The molecule has 14 nitrogen and oxygen atoms in total. The molecule has 0 aromatic carbocycles. The number of nitrogens with zero attached hydrogens (tertiary/aromatic N) is 2. The zero-order valence-corrected chi connectivity index (χ0v) is 56.2.